The third-order valence-corrected chi connectivity index (χ3v) is 8.32. The quantitative estimate of drug-likeness (QED) is 0.882. The highest BCUT2D eigenvalue weighted by atomic mass is 16.2. The number of fused-ring (bicyclic) bond motifs is 2. The van der Waals surface area contributed by atoms with E-state index in [0.717, 1.165) is 25.9 Å². The molecule has 2 N–H and O–H groups in total. The van der Waals surface area contributed by atoms with Crippen molar-refractivity contribution in [3.05, 3.63) is 35.9 Å². The smallest absolute Gasteiger partial charge is 0.226 e. The van der Waals surface area contributed by atoms with Crippen molar-refractivity contribution >= 4 is 5.91 Å². The number of nitrogens with zero attached hydrogens (tertiary/aromatic N) is 1. The summed E-state index contributed by atoms with van der Waals surface area (Å²) in [6.45, 7) is 4.14. The molecule has 1 heterocycles. The van der Waals surface area contributed by atoms with E-state index in [1.165, 1.54) is 32.1 Å². The highest BCUT2D eigenvalue weighted by molar-refractivity contribution is 5.80. The summed E-state index contributed by atoms with van der Waals surface area (Å²) < 4.78 is 0. The minimum atomic E-state index is 0.190. The van der Waals surface area contributed by atoms with Crippen molar-refractivity contribution < 1.29 is 4.79 Å². The van der Waals surface area contributed by atoms with Crippen LogP contribution in [0.25, 0.3) is 0 Å². The minimum Gasteiger partial charge on any atom is -0.341 e. The van der Waals surface area contributed by atoms with Crippen LogP contribution in [0.5, 0.6) is 0 Å². The van der Waals surface area contributed by atoms with Gasteiger partial charge in [-0.1, -0.05) is 37.3 Å². The topological polar surface area (TPSA) is 46.3 Å². The highest BCUT2D eigenvalue weighted by Crippen LogP contribution is 2.66. The Balaban J connectivity index is 1.44. The van der Waals surface area contributed by atoms with Crippen molar-refractivity contribution in [3.63, 3.8) is 0 Å². The number of hydrogen-bond donors (Lipinski definition) is 1. The van der Waals surface area contributed by atoms with Crippen LogP contribution in [0.2, 0.25) is 0 Å². The van der Waals surface area contributed by atoms with Gasteiger partial charge in [-0.3, -0.25) is 4.79 Å². The Morgan fingerprint density at radius 2 is 2.00 bits per heavy atom. The van der Waals surface area contributed by atoms with Crippen molar-refractivity contribution in [1.29, 1.82) is 0 Å². The van der Waals surface area contributed by atoms with Crippen LogP contribution in [0.1, 0.15) is 57.4 Å². The third kappa shape index (κ3) is 2.46. The lowest BCUT2D eigenvalue weighted by Crippen LogP contribution is -2.57. The van der Waals surface area contributed by atoms with Gasteiger partial charge in [0, 0.05) is 25.0 Å². The van der Waals surface area contributed by atoms with Gasteiger partial charge >= 0.3 is 0 Å². The second kappa shape index (κ2) is 5.82. The summed E-state index contributed by atoms with van der Waals surface area (Å²) >= 11 is 0. The van der Waals surface area contributed by atoms with E-state index in [9.17, 15) is 4.79 Å². The molecule has 1 aromatic carbocycles. The molecule has 3 heteroatoms. The summed E-state index contributed by atoms with van der Waals surface area (Å²) in [5, 5.41) is 0. The van der Waals surface area contributed by atoms with E-state index in [1.807, 2.05) is 0 Å². The van der Waals surface area contributed by atoms with Crippen LogP contribution < -0.4 is 5.73 Å². The van der Waals surface area contributed by atoms with Crippen LogP contribution in [0.4, 0.5) is 0 Å². The summed E-state index contributed by atoms with van der Waals surface area (Å²) in [4.78, 5) is 15.4. The first kappa shape index (κ1) is 16.8. The van der Waals surface area contributed by atoms with Gasteiger partial charge in [-0.05, 0) is 73.2 Å². The average molecular weight is 353 g/mol. The largest absolute Gasteiger partial charge is 0.341 e. The first-order chi connectivity index (χ1) is 12.5. The fourth-order valence-electron chi connectivity index (χ4n) is 7.48. The molecule has 3 aliphatic carbocycles. The average Bonchev–Trinajstić information content (AvgIpc) is 3.05. The fraction of sp³-hybridized carbons (Fsp3) is 0.696. The second-order valence-electron chi connectivity index (χ2n) is 10.1. The van der Waals surface area contributed by atoms with Crippen LogP contribution in [-0.4, -0.2) is 29.9 Å². The van der Waals surface area contributed by atoms with Gasteiger partial charge < -0.3 is 10.6 Å². The van der Waals surface area contributed by atoms with Gasteiger partial charge in [0.2, 0.25) is 5.91 Å². The fourth-order valence-corrected chi connectivity index (χ4v) is 7.48. The van der Waals surface area contributed by atoms with E-state index in [1.54, 1.807) is 5.56 Å². The molecule has 3 saturated carbocycles. The normalized spacial score (nSPS) is 44.3. The Labute approximate surface area is 157 Å². The minimum absolute atomic E-state index is 0.190. The van der Waals surface area contributed by atoms with Crippen molar-refractivity contribution in [1.82, 2.24) is 4.90 Å². The zero-order chi connectivity index (χ0) is 17.9. The number of rotatable bonds is 2. The molecule has 3 bridgehead atoms. The van der Waals surface area contributed by atoms with Crippen LogP contribution in [0.15, 0.2) is 30.3 Å². The number of benzene rings is 1. The molecule has 1 aromatic rings. The Kier molecular flexibility index (Phi) is 3.76. The second-order valence-corrected chi connectivity index (χ2v) is 10.1. The number of likely N-dealkylation sites (tertiary alicyclic amines) is 1. The molecule has 0 radical (unpaired) electrons. The maximum atomic E-state index is 13.3. The van der Waals surface area contributed by atoms with Gasteiger partial charge in [0.15, 0.2) is 0 Å². The monoisotopic (exact) mass is 352 g/mol. The molecule has 0 aromatic heterocycles. The molecule has 3 unspecified atom stereocenters. The summed E-state index contributed by atoms with van der Waals surface area (Å²) in [6, 6.07) is 11.4. The number of amides is 1. The van der Waals surface area contributed by atoms with Crippen LogP contribution in [-0.2, 0) is 10.2 Å². The first-order valence-electron chi connectivity index (χ1n) is 10.6. The number of carbonyl (C=O) groups is 1. The molecule has 0 spiro atoms. The summed E-state index contributed by atoms with van der Waals surface area (Å²) in [6.07, 6.45) is 8.44. The Morgan fingerprint density at radius 1 is 1.19 bits per heavy atom. The lowest BCUT2D eigenvalue weighted by Gasteiger charge is -2.62. The molecule has 1 saturated heterocycles. The number of hydrogen-bond acceptors (Lipinski definition) is 2. The zero-order valence-corrected chi connectivity index (χ0v) is 16.0. The molecule has 3 nitrogen and oxygen atoms in total. The van der Waals surface area contributed by atoms with E-state index in [-0.39, 0.29) is 12.0 Å². The predicted octanol–water partition coefficient (Wildman–Crippen LogP) is 3.72. The first-order valence-corrected chi connectivity index (χ1v) is 10.6. The molecule has 1 aliphatic heterocycles. The Hall–Kier alpha value is -1.35. The van der Waals surface area contributed by atoms with E-state index in [4.69, 9.17) is 5.73 Å². The zero-order valence-electron chi connectivity index (χ0n) is 16.0. The summed E-state index contributed by atoms with van der Waals surface area (Å²) in [5.41, 5.74) is 8.31. The van der Waals surface area contributed by atoms with Gasteiger partial charge in [-0.15, -0.1) is 0 Å². The SMILES string of the molecule is C[C@]12CC3CC(C(=O)N4CC[C@@H](N)C4)C1CC[C@@](c1ccccc1)(C3)C2. The molecule has 6 atom stereocenters. The van der Waals surface area contributed by atoms with Gasteiger partial charge in [0.05, 0.1) is 0 Å². The molecular formula is C23H32N2O. The molecule has 5 rings (SSSR count). The van der Waals surface area contributed by atoms with E-state index in [0.29, 0.717) is 28.6 Å². The summed E-state index contributed by atoms with van der Waals surface area (Å²) in [5.74, 6) is 1.95. The Morgan fingerprint density at radius 3 is 2.73 bits per heavy atom. The van der Waals surface area contributed by atoms with Gasteiger partial charge in [0.1, 0.15) is 0 Å². The van der Waals surface area contributed by atoms with Gasteiger partial charge in [-0.2, -0.15) is 0 Å². The molecule has 26 heavy (non-hydrogen) atoms. The third-order valence-electron chi connectivity index (χ3n) is 8.32. The lowest BCUT2D eigenvalue weighted by molar-refractivity contribution is -0.152. The van der Waals surface area contributed by atoms with Crippen molar-refractivity contribution in [2.75, 3.05) is 13.1 Å². The standard InChI is InChI=1S/C23H32N2O/c1-22-12-16-11-19(21(26)25-10-8-18(24)14-25)20(22)7-9-23(13-16,15-22)17-5-3-2-4-6-17/h2-6,16,18-20H,7-15,24H2,1H3/t16?,18-,19?,20?,22-,23-/m1/s1. The lowest BCUT2D eigenvalue weighted by atomic mass is 9.42. The van der Waals surface area contributed by atoms with Crippen LogP contribution in [0, 0.1) is 23.2 Å². The number of carbonyl (C=O) groups excluding carboxylic acids is 1. The van der Waals surface area contributed by atoms with Crippen molar-refractivity contribution in [2.45, 2.75) is 63.3 Å². The molecule has 1 amide bonds. The van der Waals surface area contributed by atoms with Gasteiger partial charge in [0.25, 0.3) is 0 Å². The van der Waals surface area contributed by atoms with Crippen molar-refractivity contribution in [2.24, 2.45) is 28.9 Å². The van der Waals surface area contributed by atoms with Gasteiger partial charge in [-0.25, -0.2) is 0 Å². The maximum absolute atomic E-state index is 13.3. The van der Waals surface area contributed by atoms with Crippen LogP contribution >= 0.6 is 0 Å². The molecule has 4 fully saturated rings. The highest BCUT2D eigenvalue weighted by Gasteiger charge is 2.59. The van der Waals surface area contributed by atoms with Crippen LogP contribution in [0.3, 0.4) is 0 Å². The summed E-state index contributed by atoms with van der Waals surface area (Å²) in [7, 11) is 0. The maximum Gasteiger partial charge on any atom is 0.226 e. The molecule has 140 valence electrons. The Bertz CT molecular complexity index is 703. The van der Waals surface area contributed by atoms with E-state index >= 15 is 0 Å². The van der Waals surface area contributed by atoms with E-state index < -0.39 is 0 Å². The van der Waals surface area contributed by atoms with E-state index in [2.05, 4.69) is 42.2 Å². The predicted molar refractivity (Wildman–Crippen MR) is 104 cm³/mol. The van der Waals surface area contributed by atoms with Crippen molar-refractivity contribution in [3.8, 4) is 0 Å². The number of nitrogens with two attached hydrogens (primary N) is 1. The molecular weight excluding hydrogens is 320 g/mol. The molecule has 4 aliphatic rings.